The molecule has 0 fully saturated rings. The van der Waals surface area contributed by atoms with Gasteiger partial charge in [-0.25, -0.2) is 9.36 Å². The van der Waals surface area contributed by atoms with Gasteiger partial charge in [0.2, 0.25) is 5.88 Å². The zero-order chi connectivity index (χ0) is 25.2. The standard InChI is InChI=1S/C24H19F3N4O4/c1-15-22(33)31(18-7-9-19(10-8-18)35-24(25,26)27)23(34)30(15)14-17-11-12-28-13-20(17)29-21(32)16-5-3-2-4-6-16/h2-13,33H,14H2,1H3,(H,29,32). The summed E-state index contributed by atoms with van der Waals surface area (Å²) >= 11 is 0. The van der Waals surface area contributed by atoms with E-state index in [4.69, 9.17) is 0 Å². The quantitative estimate of drug-likeness (QED) is 0.427. The van der Waals surface area contributed by atoms with Crippen molar-refractivity contribution in [2.45, 2.75) is 19.8 Å². The van der Waals surface area contributed by atoms with E-state index in [0.29, 0.717) is 16.8 Å². The third kappa shape index (κ3) is 5.18. The van der Waals surface area contributed by atoms with Crippen molar-refractivity contribution in [3.63, 3.8) is 0 Å². The SMILES string of the molecule is Cc1c(O)n(-c2ccc(OC(F)(F)F)cc2)c(=O)n1Cc1ccncc1NC(=O)c1ccccc1. The normalized spacial score (nSPS) is 11.3. The van der Waals surface area contributed by atoms with Crippen LogP contribution < -0.4 is 15.7 Å². The van der Waals surface area contributed by atoms with E-state index in [1.54, 1.807) is 36.4 Å². The van der Waals surface area contributed by atoms with Crippen LogP contribution in [0.4, 0.5) is 18.9 Å². The van der Waals surface area contributed by atoms with Crippen molar-refractivity contribution in [3.05, 3.63) is 100 Å². The molecule has 2 aromatic carbocycles. The molecule has 35 heavy (non-hydrogen) atoms. The highest BCUT2D eigenvalue weighted by Crippen LogP contribution is 2.26. The van der Waals surface area contributed by atoms with Crippen LogP contribution in [0.3, 0.4) is 0 Å². The van der Waals surface area contributed by atoms with Gasteiger partial charge in [0.1, 0.15) is 5.75 Å². The number of aromatic nitrogens is 3. The highest BCUT2D eigenvalue weighted by atomic mass is 19.4. The number of ether oxygens (including phenoxy) is 1. The Hall–Kier alpha value is -4.54. The number of aromatic hydroxyl groups is 1. The molecule has 0 radical (unpaired) electrons. The van der Waals surface area contributed by atoms with Crippen LogP contribution >= 0.6 is 0 Å². The Morgan fingerprint density at radius 3 is 2.43 bits per heavy atom. The lowest BCUT2D eigenvalue weighted by Crippen LogP contribution is -2.25. The number of rotatable bonds is 6. The Morgan fingerprint density at radius 1 is 1.09 bits per heavy atom. The van der Waals surface area contributed by atoms with Crippen molar-refractivity contribution in [2.24, 2.45) is 0 Å². The van der Waals surface area contributed by atoms with Gasteiger partial charge in [-0.1, -0.05) is 18.2 Å². The Balaban J connectivity index is 1.63. The first-order chi connectivity index (χ1) is 16.6. The van der Waals surface area contributed by atoms with E-state index in [1.807, 2.05) is 0 Å². The third-order valence-electron chi connectivity index (χ3n) is 5.21. The summed E-state index contributed by atoms with van der Waals surface area (Å²) in [5.41, 5.74) is 1.13. The minimum absolute atomic E-state index is 0.00653. The number of pyridine rings is 1. The number of anilines is 1. The molecular weight excluding hydrogens is 465 g/mol. The highest BCUT2D eigenvalue weighted by Gasteiger charge is 2.31. The van der Waals surface area contributed by atoms with Crippen LogP contribution in [0.1, 0.15) is 21.6 Å². The fraction of sp³-hybridized carbons (Fsp3) is 0.125. The number of alkyl halides is 3. The van der Waals surface area contributed by atoms with Crippen LogP contribution in [0.5, 0.6) is 11.6 Å². The van der Waals surface area contributed by atoms with E-state index in [-0.39, 0.29) is 29.7 Å². The highest BCUT2D eigenvalue weighted by molar-refractivity contribution is 6.04. The molecule has 0 spiro atoms. The van der Waals surface area contributed by atoms with Gasteiger partial charge in [0.25, 0.3) is 5.91 Å². The minimum Gasteiger partial charge on any atom is -0.493 e. The summed E-state index contributed by atoms with van der Waals surface area (Å²) in [4.78, 5) is 29.7. The lowest BCUT2D eigenvalue weighted by Gasteiger charge is -2.11. The monoisotopic (exact) mass is 484 g/mol. The maximum atomic E-state index is 13.1. The van der Waals surface area contributed by atoms with Gasteiger partial charge in [-0.05, 0) is 55.0 Å². The van der Waals surface area contributed by atoms with E-state index in [2.05, 4.69) is 15.0 Å². The van der Waals surface area contributed by atoms with Crippen molar-refractivity contribution < 1.29 is 27.8 Å². The summed E-state index contributed by atoms with van der Waals surface area (Å²) in [6, 6.07) is 14.7. The molecule has 0 atom stereocenters. The molecule has 2 N–H and O–H groups in total. The van der Waals surface area contributed by atoms with Gasteiger partial charge >= 0.3 is 12.1 Å². The molecular formula is C24H19F3N4O4. The summed E-state index contributed by atoms with van der Waals surface area (Å²) in [7, 11) is 0. The van der Waals surface area contributed by atoms with Crippen molar-refractivity contribution in [1.29, 1.82) is 0 Å². The Bertz CT molecular complexity index is 1410. The second kappa shape index (κ2) is 9.37. The number of carbonyl (C=O) groups is 1. The van der Waals surface area contributed by atoms with Gasteiger partial charge in [0.15, 0.2) is 0 Å². The lowest BCUT2D eigenvalue weighted by atomic mass is 10.2. The zero-order valence-corrected chi connectivity index (χ0v) is 18.3. The van der Waals surface area contributed by atoms with Crippen LogP contribution in [0.25, 0.3) is 5.69 Å². The molecule has 2 heterocycles. The molecule has 1 amide bonds. The average Bonchev–Trinajstić information content (AvgIpc) is 3.03. The van der Waals surface area contributed by atoms with Gasteiger partial charge in [-0.15, -0.1) is 13.2 Å². The number of carbonyl (C=O) groups excluding carboxylic acids is 1. The van der Waals surface area contributed by atoms with Gasteiger partial charge < -0.3 is 15.2 Å². The molecule has 2 aromatic heterocycles. The Labute approximate surface area is 196 Å². The number of imidazole rings is 1. The fourth-order valence-corrected chi connectivity index (χ4v) is 3.48. The summed E-state index contributed by atoms with van der Waals surface area (Å²) in [6.45, 7) is 1.52. The molecule has 0 bridgehead atoms. The maximum absolute atomic E-state index is 13.1. The van der Waals surface area contributed by atoms with Crippen molar-refractivity contribution in [3.8, 4) is 17.3 Å². The second-order valence-corrected chi connectivity index (χ2v) is 7.51. The van der Waals surface area contributed by atoms with Gasteiger partial charge in [-0.2, -0.15) is 0 Å². The molecule has 0 saturated heterocycles. The van der Waals surface area contributed by atoms with Crippen molar-refractivity contribution in [2.75, 3.05) is 5.32 Å². The molecule has 0 saturated carbocycles. The van der Waals surface area contributed by atoms with E-state index in [9.17, 15) is 27.9 Å². The molecule has 4 rings (SSSR count). The topological polar surface area (TPSA) is 98.4 Å². The van der Waals surface area contributed by atoms with Gasteiger partial charge in [0, 0.05) is 11.8 Å². The predicted octanol–water partition coefficient (Wildman–Crippen LogP) is 4.25. The van der Waals surface area contributed by atoms with Gasteiger partial charge in [0.05, 0.1) is 29.8 Å². The molecule has 0 aliphatic carbocycles. The number of hydrogen-bond acceptors (Lipinski definition) is 5. The van der Waals surface area contributed by atoms with E-state index in [1.165, 1.54) is 36.0 Å². The number of hydrogen-bond donors (Lipinski definition) is 2. The van der Waals surface area contributed by atoms with Crippen LogP contribution in [0, 0.1) is 6.92 Å². The molecule has 11 heteroatoms. The van der Waals surface area contributed by atoms with Crippen LogP contribution in [-0.2, 0) is 6.54 Å². The smallest absolute Gasteiger partial charge is 0.493 e. The molecule has 0 aliphatic heterocycles. The summed E-state index contributed by atoms with van der Waals surface area (Å²) in [5.74, 6) is -1.19. The summed E-state index contributed by atoms with van der Waals surface area (Å²) < 4.78 is 43.3. The summed E-state index contributed by atoms with van der Waals surface area (Å²) in [5, 5.41) is 13.4. The molecule has 4 aromatic rings. The largest absolute Gasteiger partial charge is 0.573 e. The number of nitrogens with zero attached hydrogens (tertiary/aromatic N) is 3. The first-order valence-corrected chi connectivity index (χ1v) is 10.3. The number of amides is 1. The van der Waals surface area contributed by atoms with Crippen molar-refractivity contribution >= 4 is 11.6 Å². The summed E-state index contributed by atoms with van der Waals surface area (Å²) in [6.07, 6.45) is -1.89. The molecule has 0 unspecified atom stereocenters. The molecule has 8 nitrogen and oxygen atoms in total. The Kier molecular flexibility index (Phi) is 6.32. The van der Waals surface area contributed by atoms with Gasteiger partial charge in [-0.3, -0.25) is 14.3 Å². The van der Waals surface area contributed by atoms with Crippen LogP contribution in [-0.4, -0.2) is 31.5 Å². The first kappa shape index (κ1) is 23.6. The van der Waals surface area contributed by atoms with Crippen molar-refractivity contribution in [1.82, 2.24) is 14.1 Å². The predicted molar refractivity (Wildman–Crippen MR) is 121 cm³/mol. The van der Waals surface area contributed by atoms with E-state index >= 15 is 0 Å². The molecule has 0 aliphatic rings. The van der Waals surface area contributed by atoms with Crippen LogP contribution in [0.15, 0.2) is 77.9 Å². The Morgan fingerprint density at radius 2 is 1.77 bits per heavy atom. The fourth-order valence-electron chi connectivity index (χ4n) is 3.48. The van der Waals surface area contributed by atoms with E-state index in [0.717, 1.165) is 16.7 Å². The number of nitrogens with one attached hydrogen (secondary N) is 1. The lowest BCUT2D eigenvalue weighted by molar-refractivity contribution is -0.274. The number of benzene rings is 2. The number of halogens is 3. The van der Waals surface area contributed by atoms with Crippen LogP contribution in [0.2, 0.25) is 0 Å². The molecule has 180 valence electrons. The average molecular weight is 484 g/mol. The minimum atomic E-state index is -4.85. The maximum Gasteiger partial charge on any atom is 0.573 e. The first-order valence-electron chi connectivity index (χ1n) is 10.3. The third-order valence-corrected chi connectivity index (χ3v) is 5.21. The zero-order valence-electron chi connectivity index (χ0n) is 18.3. The second-order valence-electron chi connectivity index (χ2n) is 7.51. The van der Waals surface area contributed by atoms with E-state index < -0.39 is 17.8 Å².